The van der Waals surface area contributed by atoms with E-state index in [4.69, 9.17) is 9.47 Å². The van der Waals surface area contributed by atoms with Gasteiger partial charge in [0.05, 0.1) is 12.2 Å². The lowest BCUT2D eigenvalue weighted by Crippen LogP contribution is -2.46. The predicted molar refractivity (Wildman–Crippen MR) is 73.8 cm³/mol. The van der Waals surface area contributed by atoms with Gasteiger partial charge in [0.2, 0.25) is 0 Å². The van der Waals surface area contributed by atoms with Gasteiger partial charge in [-0.3, -0.25) is 9.69 Å². The number of rotatable bonds is 5. The van der Waals surface area contributed by atoms with E-state index in [9.17, 15) is 4.79 Å². The molecule has 2 rings (SSSR count). The van der Waals surface area contributed by atoms with Gasteiger partial charge in [-0.2, -0.15) is 0 Å². The van der Waals surface area contributed by atoms with Crippen LogP contribution in [0.4, 0.5) is 0 Å². The van der Waals surface area contributed by atoms with Crippen molar-refractivity contribution in [2.75, 3.05) is 26.2 Å². The fourth-order valence-electron chi connectivity index (χ4n) is 2.44. The molecule has 0 aliphatic carbocycles. The first-order chi connectivity index (χ1) is 9.17. The summed E-state index contributed by atoms with van der Waals surface area (Å²) in [4.78, 5) is 13.0. The van der Waals surface area contributed by atoms with Crippen molar-refractivity contribution < 1.29 is 14.3 Å². The Morgan fingerprint density at radius 1 is 1.37 bits per heavy atom. The van der Waals surface area contributed by atoms with Crippen molar-refractivity contribution in [2.24, 2.45) is 0 Å². The van der Waals surface area contributed by atoms with Gasteiger partial charge in [-0.05, 0) is 26.0 Å². The van der Waals surface area contributed by atoms with E-state index in [-0.39, 0.29) is 12.2 Å². The number of hydrogen-bond donors (Lipinski definition) is 0. The van der Waals surface area contributed by atoms with Crippen molar-refractivity contribution in [3.8, 4) is 5.75 Å². The Bertz CT molecular complexity index is 412. The Labute approximate surface area is 114 Å². The summed E-state index contributed by atoms with van der Waals surface area (Å²) in [6.45, 7) is 7.59. The molecule has 0 radical (unpaired) electrons. The van der Waals surface area contributed by atoms with Crippen LogP contribution in [0.25, 0.3) is 0 Å². The van der Waals surface area contributed by atoms with Crippen LogP contribution in [-0.2, 0) is 4.74 Å². The lowest BCUT2D eigenvalue weighted by molar-refractivity contribution is -0.0699. The van der Waals surface area contributed by atoms with E-state index in [1.165, 1.54) is 0 Å². The molecule has 104 valence electrons. The molecule has 0 amide bonds. The third-order valence-corrected chi connectivity index (χ3v) is 3.17. The van der Waals surface area contributed by atoms with Crippen LogP contribution in [0.3, 0.4) is 0 Å². The summed E-state index contributed by atoms with van der Waals surface area (Å²) in [6, 6.07) is 7.23. The van der Waals surface area contributed by atoms with Gasteiger partial charge < -0.3 is 9.47 Å². The topological polar surface area (TPSA) is 38.8 Å². The molecule has 1 heterocycles. The molecule has 0 unspecified atom stereocenters. The zero-order chi connectivity index (χ0) is 13.7. The minimum absolute atomic E-state index is 0.280. The van der Waals surface area contributed by atoms with Crippen molar-refractivity contribution in [2.45, 2.75) is 26.1 Å². The molecule has 1 aromatic rings. The number of ether oxygens (including phenoxy) is 2. The van der Waals surface area contributed by atoms with Crippen LogP contribution < -0.4 is 4.74 Å². The second-order valence-electron chi connectivity index (χ2n) is 5.06. The number of carbonyl (C=O) groups is 1. The average molecular weight is 263 g/mol. The second kappa shape index (κ2) is 6.68. The fraction of sp³-hybridized carbons (Fsp3) is 0.533. The smallest absolute Gasteiger partial charge is 0.150 e. The van der Waals surface area contributed by atoms with Gasteiger partial charge in [-0.25, -0.2) is 0 Å². The molecule has 4 heteroatoms. The maximum Gasteiger partial charge on any atom is 0.150 e. The summed E-state index contributed by atoms with van der Waals surface area (Å²) in [5.41, 5.74) is 0.645. The van der Waals surface area contributed by atoms with E-state index in [0.717, 1.165) is 31.7 Å². The lowest BCUT2D eigenvalue weighted by Gasteiger charge is -2.35. The van der Waals surface area contributed by atoms with Crippen molar-refractivity contribution in [3.05, 3.63) is 29.8 Å². The van der Waals surface area contributed by atoms with Crippen molar-refractivity contribution in [3.63, 3.8) is 0 Å². The Kier molecular flexibility index (Phi) is 4.93. The molecule has 0 bridgehead atoms. The normalized spacial score (nSPS) is 24.1. The number of hydrogen-bond acceptors (Lipinski definition) is 4. The highest BCUT2D eigenvalue weighted by Crippen LogP contribution is 2.13. The maximum absolute atomic E-state index is 10.7. The van der Waals surface area contributed by atoms with E-state index >= 15 is 0 Å². The van der Waals surface area contributed by atoms with Crippen LogP contribution in [0, 0.1) is 0 Å². The number of aldehydes is 1. The SMILES string of the molecule is C[C@@H]1CN(CCOc2cccc(C=O)c2)C[C@H](C)O1. The summed E-state index contributed by atoms with van der Waals surface area (Å²) < 4.78 is 11.4. The average Bonchev–Trinajstić information content (AvgIpc) is 2.38. The zero-order valence-corrected chi connectivity index (χ0v) is 11.5. The van der Waals surface area contributed by atoms with Gasteiger partial charge in [0.25, 0.3) is 0 Å². The molecule has 1 aromatic carbocycles. The molecule has 0 N–H and O–H groups in total. The number of nitrogens with zero attached hydrogens (tertiary/aromatic N) is 1. The van der Waals surface area contributed by atoms with Gasteiger partial charge in [0.15, 0.2) is 0 Å². The van der Waals surface area contributed by atoms with Crippen LogP contribution in [0.15, 0.2) is 24.3 Å². The third-order valence-electron chi connectivity index (χ3n) is 3.17. The van der Waals surface area contributed by atoms with Crippen molar-refractivity contribution in [1.82, 2.24) is 4.90 Å². The number of carbonyl (C=O) groups excluding carboxylic acids is 1. The minimum Gasteiger partial charge on any atom is -0.492 e. The molecule has 2 atom stereocenters. The first kappa shape index (κ1) is 14.0. The summed E-state index contributed by atoms with van der Waals surface area (Å²) in [7, 11) is 0. The van der Waals surface area contributed by atoms with Gasteiger partial charge in [-0.1, -0.05) is 12.1 Å². The quantitative estimate of drug-likeness (QED) is 0.762. The molecule has 1 fully saturated rings. The highest BCUT2D eigenvalue weighted by molar-refractivity contribution is 5.75. The lowest BCUT2D eigenvalue weighted by atomic mass is 10.2. The fourth-order valence-corrected chi connectivity index (χ4v) is 2.44. The summed E-state index contributed by atoms with van der Waals surface area (Å²) in [5, 5.41) is 0. The largest absolute Gasteiger partial charge is 0.492 e. The Morgan fingerprint density at radius 3 is 2.79 bits per heavy atom. The van der Waals surface area contributed by atoms with E-state index in [2.05, 4.69) is 18.7 Å². The van der Waals surface area contributed by atoms with E-state index in [1.807, 2.05) is 12.1 Å². The molecule has 1 aliphatic rings. The van der Waals surface area contributed by atoms with Crippen LogP contribution >= 0.6 is 0 Å². The molecule has 1 saturated heterocycles. The zero-order valence-electron chi connectivity index (χ0n) is 11.5. The molecular formula is C15H21NO3. The predicted octanol–water partition coefficient (Wildman–Crippen LogP) is 1.99. The monoisotopic (exact) mass is 263 g/mol. The molecule has 0 saturated carbocycles. The highest BCUT2D eigenvalue weighted by atomic mass is 16.5. The summed E-state index contributed by atoms with van der Waals surface area (Å²) >= 11 is 0. The number of benzene rings is 1. The first-order valence-corrected chi connectivity index (χ1v) is 6.73. The maximum atomic E-state index is 10.7. The Morgan fingerprint density at radius 2 is 2.11 bits per heavy atom. The molecule has 0 spiro atoms. The molecular weight excluding hydrogens is 242 g/mol. The Hall–Kier alpha value is -1.39. The van der Waals surface area contributed by atoms with Gasteiger partial charge in [0.1, 0.15) is 18.6 Å². The van der Waals surface area contributed by atoms with Gasteiger partial charge >= 0.3 is 0 Å². The van der Waals surface area contributed by atoms with Crippen LogP contribution in [0.2, 0.25) is 0 Å². The molecule has 0 aromatic heterocycles. The summed E-state index contributed by atoms with van der Waals surface area (Å²) in [6.07, 6.45) is 1.39. The molecule has 1 aliphatic heterocycles. The Balaban J connectivity index is 1.78. The molecule has 19 heavy (non-hydrogen) atoms. The van der Waals surface area contributed by atoms with E-state index < -0.39 is 0 Å². The second-order valence-corrected chi connectivity index (χ2v) is 5.06. The number of morpholine rings is 1. The van der Waals surface area contributed by atoms with E-state index in [1.54, 1.807) is 12.1 Å². The standard InChI is InChI=1S/C15H21NO3/c1-12-9-16(10-13(2)19-12)6-7-18-15-5-3-4-14(8-15)11-17/h3-5,8,11-13H,6-7,9-10H2,1-2H3/t12-,13+. The van der Waals surface area contributed by atoms with Crippen molar-refractivity contribution >= 4 is 6.29 Å². The highest BCUT2D eigenvalue weighted by Gasteiger charge is 2.21. The van der Waals surface area contributed by atoms with Gasteiger partial charge in [-0.15, -0.1) is 0 Å². The van der Waals surface area contributed by atoms with Crippen LogP contribution in [0.1, 0.15) is 24.2 Å². The van der Waals surface area contributed by atoms with Crippen molar-refractivity contribution in [1.29, 1.82) is 0 Å². The minimum atomic E-state index is 0.280. The third kappa shape index (κ3) is 4.33. The van der Waals surface area contributed by atoms with Crippen LogP contribution in [0.5, 0.6) is 5.75 Å². The first-order valence-electron chi connectivity index (χ1n) is 6.73. The summed E-state index contributed by atoms with van der Waals surface area (Å²) in [5.74, 6) is 0.749. The molecule has 4 nitrogen and oxygen atoms in total. The van der Waals surface area contributed by atoms with E-state index in [0.29, 0.717) is 12.2 Å². The van der Waals surface area contributed by atoms with Gasteiger partial charge in [0, 0.05) is 25.2 Å². The van der Waals surface area contributed by atoms with Crippen LogP contribution in [-0.4, -0.2) is 49.6 Å².